The lowest BCUT2D eigenvalue weighted by atomic mass is 10.1. The Hall–Kier alpha value is -0.840. The summed E-state index contributed by atoms with van der Waals surface area (Å²) in [7, 11) is -4.41. The third kappa shape index (κ3) is 10.1. The molecule has 28 heavy (non-hydrogen) atoms. The van der Waals surface area contributed by atoms with E-state index in [0.29, 0.717) is 29.1 Å². The first-order valence-corrected chi connectivity index (χ1v) is 12.0. The minimum Gasteiger partial charge on any atom is -0.492 e. The second-order valence-electron chi connectivity index (χ2n) is 6.80. The van der Waals surface area contributed by atoms with Crippen molar-refractivity contribution in [3.05, 3.63) is 17.7 Å². The molecule has 0 atom stereocenters. The van der Waals surface area contributed by atoms with E-state index in [1.54, 1.807) is 6.92 Å². The van der Waals surface area contributed by atoms with Crippen molar-refractivity contribution in [1.82, 2.24) is 0 Å². The second kappa shape index (κ2) is 14.2. The molecule has 2 N–H and O–H groups in total. The van der Waals surface area contributed by atoms with Gasteiger partial charge < -0.3 is 4.74 Å². The molecule has 0 saturated heterocycles. The first-order chi connectivity index (χ1) is 13.4. The molecule has 9 heteroatoms. The first-order valence-electron chi connectivity index (χ1n) is 9.79. The van der Waals surface area contributed by atoms with Gasteiger partial charge in [-0.1, -0.05) is 69.7 Å². The van der Waals surface area contributed by atoms with Crippen LogP contribution >= 0.6 is 12.0 Å². The van der Waals surface area contributed by atoms with Gasteiger partial charge in [-0.25, -0.2) is 5.26 Å². The summed E-state index contributed by atoms with van der Waals surface area (Å²) in [6.07, 6.45) is 11.9. The van der Waals surface area contributed by atoms with Crippen molar-refractivity contribution in [3.8, 4) is 5.75 Å². The van der Waals surface area contributed by atoms with Crippen LogP contribution in [0.15, 0.2) is 21.9 Å². The summed E-state index contributed by atoms with van der Waals surface area (Å²) in [5.74, 6) is 0.0491. The Labute approximate surface area is 172 Å². The zero-order valence-electron chi connectivity index (χ0n) is 16.7. The highest BCUT2D eigenvalue weighted by Gasteiger charge is 2.20. The van der Waals surface area contributed by atoms with Crippen LogP contribution in [0.2, 0.25) is 0 Å². The highest BCUT2D eigenvalue weighted by molar-refractivity contribution is 7.94. The van der Waals surface area contributed by atoms with Crippen molar-refractivity contribution in [2.75, 3.05) is 6.61 Å². The molecule has 1 aromatic carbocycles. The van der Waals surface area contributed by atoms with Gasteiger partial charge >= 0.3 is 0 Å². The van der Waals surface area contributed by atoms with Crippen LogP contribution in [0.4, 0.5) is 0 Å². The predicted molar refractivity (Wildman–Crippen MR) is 109 cm³/mol. The number of benzene rings is 1. The van der Waals surface area contributed by atoms with Gasteiger partial charge in [0.25, 0.3) is 10.1 Å². The fourth-order valence-corrected chi connectivity index (χ4v) is 4.02. The van der Waals surface area contributed by atoms with Crippen molar-refractivity contribution < 1.29 is 32.3 Å². The molecule has 0 spiro atoms. The molecule has 1 rings (SSSR count). The van der Waals surface area contributed by atoms with Gasteiger partial charge in [0.15, 0.2) is 0 Å². The number of unbranched alkanes of at least 4 members (excludes halogenated alkanes) is 9. The van der Waals surface area contributed by atoms with Crippen LogP contribution in [0.3, 0.4) is 0 Å². The van der Waals surface area contributed by atoms with Crippen LogP contribution in [-0.2, 0) is 19.5 Å². The van der Waals surface area contributed by atoms with E-state index in [-0.39, 0.29) is 10.6 Å². The van der Waals surface area contributed by atoms with Crippen molar-refractivity contribution in [2.45, 2.75) is 87.8 Å². The minimum atomic E-state index is -4.41. The van der Waals surface area contributed by atoms with Crippen molar-refractivity contribution in [2.24, 2.45) is 0 Å². The monoisotopic (exact) mass is 436 g/mol. The van der Waals surface area contributed by atoms with Gasteiger partial charge in [0, 0.05) is 4.90 Å². The smallest absolute Gasteiger partial charge is 0.298 e. The van der Waals surface area contributed by atoms with Crippen LogP contribution in [0.1, 0.15) is 76.7 Å². The summed E-state index contributed by atoms with van der Waals surface area (Å²) in [6, 6.07) is 2.74. The summed E-state index contributed by atoms with van der Waals surface area (Å²) in [6.45, 7) is 4.21. The fourth-order valence-electron chi connectivity index (χ4n) is 2.87. The molecule has 0 unspecified atom stereocenters. The number of aryl methyl sites for hydroxylation is 1. The van der Waals surface area contributed by atoms with Crippen molar-refractivity contribution >= 4 is 22.2 Å². The molecule has 0 amide bonds. The Morgan fingerprint density at radius 2 is 1.54 bits per heavy atom. The predicted octanol–water partition coefficient (Wildman–Crippen LogP) is 5.97. The number of rotatable bonds is 16. The third-order valence-electron chi connectivity index (χ3n) is 4.43. The first kappa shape index (κ1) is 25.2. The van der Waals surface area contributed by atoms with Gasteiger partial charge in [0.2, 0.25) is 0 Å². The zero-order valence-corrected chi connectivity index (χ0v) is 18.3. The molecule has 1 aromatic rings. The second-order valence-corrected chi connectivity index (χ2v) is 8.93. The van der Waals surface area contributed by atoms with Crippen LogP contribution in [0, 0.1) is 6.92 Å². The normalized spacial score (nSPS) is 11.7. The number of hydrogen-bond acceptors (Lipinski definition) is 7. The molecule has 0 aliphatic rings. The molecule has 0 fully saturated rings. The van der Waals surface area contributed by atoms with Gasteiger partial charge in [-0.3, -0.25) is 4.55 Å². The van der Waals surface area contributed by atoms with E-state index in [4.69, 9.17) is 9.99 Å². The topological polar surface area (TPSA) is 102 Å². The lowest BCUT2D eigenvalue weighted by Gasteiger charge is -2.13. The Morgan fingerprint density at radius 3 is 2.07 bits per heavy atom. The molecule has 7 nitrogen and oxygen atoms in total. The minimum absolute atomic E-state index is 0.0491. The molecular formula is C19H32O7S2. The maximum Gasteiger partial charge on any atom is 0.298 e. The molecule has 0 aliphatic heterocycles. The van der Waals surface area contributed by atoms with E-state index >= 15 is 0 Å². The SMILES string of the molecule is CCCCCCCCCCCCOc1cc(SOOO)c(C)cc1S(=O)(=O)O. The Balaban J connectivity index is 2.43. The lowest BCUT2D eigenvalue weighted by molar-refractivity contribution is -0.432. The summed E-state index contributed by atoms with van der Waals surface area (Å²) < 4.78 is 42.6. The highest BCUT2D eigenvalue weighted by atomic mass is 32.2. The van der Waals surface area contributed by atoms with Crippen LogP contribution < -0.4 is 4.74 Å². The van der Waals surface area contributed by atoms with Gasteiger partial charge in [-0.15, -0.1) is 4.33 Å². The molecule has 162 valence electrons. The summed E-state index contributed by atoms with van der Waals surface area (Å²) >= 11 is 0.712. The Kier molecular flexibility index (Phi) is 12.8. The largest absolute Gasteiger partial charge is 0.492 e. The number of hydrogen-bond donors (Lipinski definition) is 2. The molecule has 0 heterocycles. The third-order valence-corrected chi connectivity index (χ3v) is 6.05. The van der Waals surface area contributed by atoms with Gasteiger partial charge in [0.05, 0.1) is 18.6 Å². The van der Waals surface area contributed by atoms with E-state index in [0.717, 1.165) is 19.3 Å². The summed E-state index contributed by atoms with van der Waals surface area (Å²) in [5, 5.41) is 11.8. The average Bonchev–Trinajstić information content (AvgIpc) is 2.65. The lowest BCUT2D eigenvalue weighted by Crippen LogP contribution is -2.06. The molecular weight excluding hydrogens is 404 g/mol. The van der Waals surface area contributed by atoms with Crippen LogP contribution in [0.5, 0.6) is 5.75 Å². The number of ether oxygens (including phenoxy) is 1. The Morgan fingerprint density at radius 1 is 0.964 bits per heavy atom. The molecule has 0 saturated carbocycles. The van der Waals surface area contributed by atoms with Gasteiger partial charge in [-0.2, -0.15) is 8.42 Å². The molecule has 0 radical (unpaired) electrons. The van der Waals surface area contributed by atoms with E-state index in [9.17, 15) is 13.0 Å². The fraction of sp³-hybridized carbons (Fsp3) is 0.684. The average molecular weight is 437 g/mol. The molecule has 0 aromatic heterocycles. The van der Waals surface area contributed by atoms with E-state index in [2.05, 4.69) is 16.3 Å². The molecule has 0 aliphatic carbocycles. The van der Waals surface area contributed by atoms with Crippen LogP contribution in [0.25, 0.3) is 0 Å². The van der Waals surface area contributed by atoms with E-state index in [1.807, 2.05) is 0 Å². The van der Waals surface area contributed by atoms with Gasteiger partial charge in [0.1, 0.15) is 10.6 Å². The quantitative estimate of drug-likeness (QED) is 0.107. The zero-order chi connectivity index (χ0) is 20.8. The van der Waals surface area contributed by atoms with Crippen molar-refractivity contribution in [1.29, 1.82) is 0 Å². The van der Waals surface area contributed by atoms with E-state index < -0.39 is 10.1 Å². The summed E-state index contributed by atoms with van der Waals surface area (Å²) in [4.78, 5) is 0.214. The Bertz CT molecular complexity index is 662. The maximum absolute atomic E-state index is 11.6. The van der Waals surface area contributed by atoms with Gasteiger partial charge in [-0.05, 0) is 31.0 Å². The van der Waals surface area contributed by atoms with E-state index in [1.165, 1.54) is 57.1 Å². The van der Waals surface area contributed by atoms with Crippen LogP contribution in [-0.4, -0.2) is 24.8 Å². The molecule has 0 bridgehead atoms. The summed E-state index contributed by atoms with van der Waals surface area (Å²) in [5.41, 5.74) is 0.529. The highest BCUT2D eigenvalue weighted by Crippen LogP contribution is 2.33. The standard InChI is InChI=1S/C19H32O7S2/c1-3-4-5-6-7-8-9-10-11-12-13-24-17-15-18(27-26-25-20)16(2)14-19(17)28(21,22)23/h14-15,20H,3-13H2,1-2H3,(H,21,22,23). The maximum atomic E-state index is 11.6. The van der Waals surface area contributed by atoms with Crippen molar-refractivity contribution in [3.63, 3.8) is 0 Å².